The second-order valence-corrected chi connectivity index (χ2v) is 8.18. The lowest BCUT2D eigenvalue weighted by atomic mass is 10.0. The number of piperidine rings is 1. The summed E-state index contributed by atoms with van der Waals surface area (Å²) in [4.78, 5) is 25.4. The first kappa shape index (κ1) is 18.9. The Morgan fingerprint density at radius 1 is 1.32 bits per heavy atom. The maximum absolute atomic E-state index is 12.6. The molecule has 1 saturated heterocycles. The molecule has 128 valence electrons. The van der Waals surface area contributed by atoms with Gasteiger partial charge in [-0.05, 0) is 25.2 Å². The van der Waals surface area contributed by atoms with Gasteiger partial charge in [-0.15, -0.1) is 0 Å². The fourth-order valence-electron chi connectivity index (χ4n) is 2.73. The molecule has 22 heavy (non-hydrogen) atoms. The first-order valence-electron chi connectivity index (χ1n) is 7.61. The third kappa shape index (κ3) is 6.74. The Morgan fingerprint density at radius 3 is 2.45 bits per heavy atom. The van der Waals surface area contributed by atoms with E-state index in [1.807, 2.05) is 13.8 Å². The average Bonchev–Trinajstić information content (AvgIpc) is 2.34. The van der Waals surface area contributed by atoms with Crippen molar-refractivity contribution in [1.82, 2.24) is 14.9 Å². The van der Waals surface area contributed by atoms with E-state index in [4.69, 9.17) is 0 Å². The standard InChI is InChI=1S/C14H27N3O4S/c1-10(2)8-13(16-22(4,20)21)14(19)17-7-5-6-12(9-17)15-11(3)18/h10,12-13,16H,5-9H2,1-4H3,(H,15,18). The summed E-state index contributed by atoms with van der Waals surface area (Å²) in [5.74, 6) is -0.138. The van der Waals surface area contributed by atoms with Crippen molar-refractivity contribution in [3.63, 3.8) is 0 Å². The molecule has 0 radical (unpaired) electrons. The molecule has 0 saturated carbocycles. The van der Waals surface area contributed by atoms with Crippen LogP contribution in [-0.4, -0.2) is 56.6 Å². The van der Waals surface area contributed by atoms with Gasteiger partial charge in [0.2, 0.25) is 21.8 Å². The van der Waals surface area contributed by atoms with Crippen molar-refractivity contribution >= 4 is 21.8 Å². The summed E-state index contributed by atoms with van der Waals surface area (Å²) in [6, 6.07) is -0.806. The van der Waals surface area contributed by atoms with Gasteiger partial charge in [0.15, 0.2) is 0 Å². The lowest BCUT2D eigenvalue weighted by Crippen LogP contribution is -2.55. The molecule has 1 aliphatic heterocycles. The minimum Gasteiger partial charge on any atom is -0.352 e. The van der Waals surface area contributed by atoms with Crippen molar-refractivity contribution in [2.45, 2.75) is 52.1 Å². The van der Waals surface area contributed by atoms with Crippen LogP contribution in [-0.2, 0) is 19.6 Å². The SMILES string of the molecule is CC(=O)NC1CCCN(C(=O)C(CC(C)C)NS(C)(=O)=O)C1. The van der Waals surface area contributed by atoms with Crippen LogP contribution in [0, 0.1) is 5.92 Å². The Bertz CT molecular complexity index is 504. The predicted molar refractivity (Wildman–Crippen MR) is 84.6 cm³/mol. The molecular formula is C14H27N3O4S. The van der Waals surface area contributed by atoms with Crippen LogP contribution in [0.1, 0.15) is 40.0 Å². The first-order chi connectivity index (χ1) is 10.1. The number of nitrogens with one attached hydrogen (secondary N) is 2. The summed E-state index contributed by atoms with van der Waals surface area (Å²) in [7, 11) is -3.45. The van der Waals surface area contributed by atoms with E-state index in [-0.39, 0.29) is 23.8 Å². The second-order valence-electron chi connectivity index (χ2n) is 6.40. The maximum Gasteiger partial charge on any atom is 0.240 e. The van der Waals surface area contributed by atoms with Crippen molar-refractivity contribution in [2.75, 3.05) is 19.3 Å². The quantitative estimate of drug-likeness (QED) is 0.719. The Morgan fingerprint density at radius 2 is 1.95 bits per heavy atom. The Labute approximate surface area is 132 Å². The molecular weight excluding hydrogens is 306 g/mol. The first-order valence-corrected chi connectivity index (χ1v) is 9.51. The monoisotopic (exact) mass is 333 g/mol. The third-order valence-corrected chi connectivity index (χ3v) is 4.21. The van der Waals surface area contributed by atoms with E-state index in [2.05, 4.69) is 10.0 Å². The van der Waals surface area contributed by atoms with E-state index in [9.17, 15) is 18.0 Å². The van der Waals surface area contributed by atoms with E-state index in [0.717, 1.165) is 19.1 Å². The van der Waals surface area contributed by atoms with E-state index in [0.29, 0.717) is 19.5 Å². The molecule has 0 aromatic carbocycles. The van der Waals surface area contributed by atoms with Crippen LogP contribution in [0.2, 0.25) is 0 Å². The molecule has 8 heteroatoms. The summed E-state index contributed by atoms with van der Waals surface area (Å²) in [5, 5.41) is 2.82. The van der Waals surface area contributed by atoms with Gasteiger partial charge in [0.05, 0.1) is 6.26 Å². The van der Waals surface area contributed by atoms with E-state index < -0.39 is 16.1 Å². The minimum atomic E-state index is -3.45. The highest BCUT2D eigenvalue weighted by atomic mass is 32.2. The van der Waals surface area contributed by atoms with Gasteiger partial charge >= 0.3 is 0 Å². The number of carbonyl (C=O) groups excluding carboxylic acids is 2. The molecule has 1 heterocycles. The summed E-state index contributed by atoms with van der Waals surface area (Å²) < 4.78 is 25.4. The molecule has 2 amide bonds. The highest BCUT2D eigenvalue weighted by Gasteiger charge is 2.31. The maximum atomic E-state index is 12.6. The summed E-state index contributed by atoms with van der Waals surface area (Å²) in [5.41, 5.74) is 0. The Kier molecular flexibility index (Phi) is 6.80. The van der Waals surface area contributed by atoms with Crippen LogP contribution < -0.4 is 10.0 Å². The number of hydrogen-bond acceptors (Lipinski definition) is 4. The summed E-state index contributed by atoms with van der Waals surface area (Å²) in [6.45, 7) is 6.36. The zero-order valence-electron chi connectivity index (χ0n) is 13.8. The highest BCUT2D eigenvalue weighted by molar-refractivity contribution is 7.88. The normalized spacial score (nSPS) is 20.8. The van der Waals surface area contributed by atoms with Crippen LogP contribution in [0.4, 0.5) is 0 Å². The number of hydrogen-bond donors (Lipinski definition) is 2. The average molecular weight is 333 g/mol. The molecule has 1 fully saturated rings. The molecule has 1 aliphatic rings. The molecule has 2 unspecified atom stereocenters. The van der Waals surface area contributed by atoms with Crippen LogP contribution in [0.25, 0.3) is 0 Å². The molecule has 0 aliphatic carbocycles. The van der Waals surface area contributed by atoms with Gasteiger partial charge in [-0.3, -0.25) is 9.59 Å². The van der Waals surface area contributed by atoms with Gasteiger partial charge in [-0.1, -0.05) is 13.8 Å². The summed E-state index contributed by atoms with van der Waals surface area (Å²) >= 11 is 0. The van der Waals surface area contributed by atoms with Crippen molar-refractivity contribution < 1.29 is 18.0 Å². The van der Waals surface area contributed by atoms with Crippen molar-refractivity contribution in [2.24, 2.45) is 5.92 Å². The fourth-order valence-corrected chi connectivity index (χ4v) is 3.45. The van der Waals surface area contributed by atoms with Gasteiger partial charge in [-0.2, -0.15) is 0 Å². The van der Waals surface area contributed by atoms with Crippen LogP contribution in [0.3, 0.4) is 0 Å². The van der Waals surface area contributed by atoms with Gasteiger partial charge in [-0.25, -0.2) is 13.1 Å². The Hall–Kier alpha value is -1.15. The number of carbonyl (C=O) groups is 2. The number of likely N-dealkylation sites (tertiary alicyclic amines) is 1. The largest absolute Gasteiger partial charge is 0.352 e. The number of rotatable bonds is 6. The third-order valence-electron chi connectivity index (χ3n) is 3.50. The molecule has 2 atom stereocenters. The number of sulfonamides is 1. The molecule has 0 aromatic heterocycles. The topological polar surface area (TPSA) is 95.6 Å². The smallest absolute Gasteiger partial charge is 0.240 e. The van der Waals surface area contributed by atoms with Crippen LogP contribution >= 0.6 is 0 Å². The highest BCUT2D eigenvalue weighted by Crippen LogP contribution is 2.15. The number of amides is 2. The van der Waals surface area contributed by atoms with Crippen LogP contribution in [0.5, 0.6) is 0 Å². The minimum absolute atomic E-state index is 0.0619. The van der Waals surface area contributed by atoms with E-state index in [1.165, 1.54) is 6.92 Å². The van der Waals surface area contributed by atoms with Crippen molar-refractivity contribution in [3.05, 3.63) is 0 Å². The lowest BCUT2D eigenvalue weighted by molar-refractivity contribution is -0.135. The lowest BCUT2D eigenvalue weighted by Gasteiger charge is -2.35. The van der Waals surface area contributed by atoms with Crippen LogP contribution in [0.15, 0.2) is 0 Å². The van der Waals surface area contributed by atoms with E-state index in [1.54, 1.807) is 4.90 Å². The Balaban J connectivity index is 2.77. The molecule has 2 N–H and O–H groups in total. The van der Waals surface area contributed by atoms with E-state index >= 15 is 0 Å². The second kappa shape index (κ2) is 7.92. The molecule has 0 aromatic rings. The summed E-state index contributed by atoms with van der Waals surface area (Å²) in [6.07, 6.45) is 3.14. The molecule has 7 nitrogen and oxygen atoms in total. The van der Waals surface area contributed by atoms with Gasteiger partial charge in [0.1, 0.15) is 6.04 Å². The predicted octanol–water partition coefficient (Wildman–Crippen LogP) is 0.0774. The van der Waals surface area contributed by atoms with Crippen molar-refractivity contribution in [1.29, 1.82) is 0 Å². The molecule has 0 spiro atoms. The zero-order valence-corrected chi connectivity index (χ0v) is 14.6. The van der Waals surface area contributed by atoms with Gasteiger partial charge in [0.25, 0.3) is 0 Å². The van der Waals surface area contributed by atoms with Crippen molar-refractivity contribution in [3.8, 4) is 0 Å². The molecule has 1 rings (SSSR count). The van der Waals surface area contributed by atoms with Gasteiger partial charge in [0, 0.05) is 26.1 Å². The fraction of sp³-hybridized carbons (Fsp3) is 0.857. The number of nitrogens with zero attached hydrogens (tertiary/aromatic N) is 1. The van der Waals surface area contributed by atoms with Gasteiger partial charge < -0.3 is 10.2 Å². The molecule has 0 bridgehead atoms. The zero-order chi connectivity index (χ0) is 16.9.